The van der Waals surface area contributed by atoms with E-state index >= 15 is 0 Å². The summed E-state index contributed by atoms with van der Waals surface area (Å²) in [5, 5.41) is 27.9. The van der Waals surface area contributed by atoms with Crippen molar-refractivity contribution in [1.82, 2.24) is 9.97 Å². The number of hydrogen-bond donors (Lipinski definition) is 1. The minimum atomic E-state index is -0.501. The van der Waals surface area contributed by atoms with E-state index in [1.165, 1.54) is 55.1 Å². The zero-order valence-electron chi connectivity index (χ0n) is 15.4. The Bertz CT molecular complexity index is 1290. The number of fused-ring (bicyclic) bond motifs is 1. The van der Waals surface area contributed by atoms with Crippen molar-refractivity contribution in [2.45, 2.75) is 0 Å². The van der Waals surface area contributed by atoms with Gasteiger partial charge in [-0.2, -0.15) is 0 Å². The Balaban J connectivity index is 1.85. The van der Waals surface area contributed by atoms with E-state index in [4.69, 9.17) is 4.74 Å². The highest BCUT2D eigenvalue weighted by Gasteiger charge is 2.18. The van der Waals surface area contributed by atoms with Crippen molar-refractivity contribution in [3.63, 3.8) is 0 Å². The average molecular weight is 423 g/mol. The van der Waals surface area contributed by atoms with Crippen molar-refractivity contribution < 1.29 is 14.6 Å². The predicted molar refractivity (Wildman–Crippen MR) is 112 cm³/mol. The molecular formula is C19H13N5O5S. The summed E-state index contributed by atoms with van der Waals surface area (Å²) in [4.78, 5) is 30.6. The van der Waals surface area contributed by atoms with Crippen LogP contribution in [0.3, 0.4) is 0 Å². The van der Waals surface area contributed by atoms with Gasteiger partial charge in [0.15, 0.2) is 0 Å². The van der Waals surface area contributed by atoms with Crippen LogP contribution in [0.1, 0.15) is 0 Å². The molecule has 0 atom stereocenters. The van der Waals surface area contributed by atoms with Gasteiger partial charge in [-0.1, -0.05) is 12.1 Å². The number of rotatable bonds is 6. The lowest BCUT2D eigenvalue weighted by molar-refractivity contribution is -0.385. The van der Waals surface area contributed by atoms with Crippen LogP contribution in [0.15, 0.2) is 54.2 Å². The molecule has 0 saturated carbocycles. The second kappa shape index (κ2) is 7.72. The van der Waals surface area contributed by atoms with Crippen LogP contribution in [-0.4, -0.2) is 26.9 Å². The Morgan fingerprint density at radius 2 is 1.80 bits per heavy atom. The number of benzene rings is 2. The van der Waals surface area contributed by atoms with Crippen LogP contribution >= 0.6 is 11.3 Å². The summed E-state index contributed by atoms with van der Waals surface area (Å²) in [6, 6.07) is 10.5. The maximum Gasteiger partial charge on any atom is 0.271 e. The highest BCUT2D eigenvalue weighted by molar-refractivity contribution is 7.17. The zero-order chi connectivity index (χ0) is 21.3. The van der Waals surface area contributed by atoms with Gasteiger partial charge in [0.05, 0.1) is 28.0 Å². The van der Waals surface area contributed by atoms with Crippen LogP contribution < -0.4 is 10.1 Å². The SMILES string of the molecule is COc1ccc([N+](=O)[O-])cc1Nc1ncnc2scc(-c3cccc([N+](=O)[O-])c3)c12. The van der Waals surface area contributed by atoms with Crippen molar-refractivity contribution in [1.29, 1.82) is 0 Å². The third kappa shape index (κ3) is 3.49. The standard InChI is InChI=1S/C19H13N5O5S/c1-29-16-6-5-13(24(27)28)8-15(16)22-18-17-14(9-30-19(17)21-10-20-18)11-3-2-4-12(7-11)23(25)26/h2-10H,1H3,(H,20,21,22). The van der Waals surface area contributed by atoms with E-state index < -0.39 is 9.85 Å². The second-order valence-corrected chi connectivity index (χ2v) is 6.98. The molecule has 2 aromatic carbocycles. The first-order chi connectivity index (χ1) is 14.5. The van der Waals surface area contributed by atoms with E-state index in [1.54, 1.807) is 12.1 Å². The number of methoxy groups -OCH3 is 1. The molecule has 0 bridgehead atoms. The maximum atomic E-state index is 11.2. The molecular weight excluding hydrogens is 410 g/mol. The zero-order valence-corrected chi connectivity index (χ0v) is 16.3. The topological polar surface area (TPSA) is 133 Å². The minimum absolute atomic E-state index is 0.0291. The van der Waals surface area contributed by atoms with Crippen LogP contribution in [-0.2, 0) is 0 Å². The van der Waals surface area contributed by atoms with E-state index in [2.05, 4.69) is 15.3 Å². The first-order valence-corrected chi connectivity index (χ1v) is 9.42. The summed E-state index contributed by atoms with van der Waals surface area (Å²) in [5.41, 5.74) is 1.58. The van der Waals surface area contributed by atoms with Gasteiger partial charge in [0.1, 0.15) is 22.7 Å². The van der Waals surface area contributed by atoms with Gasteiger partial charge < -0.3 is 10.1 Å². The molecule has 10 nitrogen and oxygen atoms in total. The van der Waals surface area contributed by atoms with Gasteiger partial charge >= 0.3 is 0 Å². The molecule has 0 spiro atoms. The molecule has 0 saturated heterocycles. The van der Waals surface area contributed by atoms with Gasteiger partial charge in [0.25, 0.3) is 11.4 Å². The fraction of sp³-hybridized carbons (Fsp3) is 0.0526. The molecule has 2 aromatic heterocycles. The summed E-state index contributed by atoms with van der Waals surface area (Å²) in [5.74, 6) is 0.807. The van der Waals surface area contributed by atoms with Gasteiger partial charge in [0, 0.05) is 35.2 Å². The number of nitro groups is 2. The molecule has 150 valence electrons. The summed E-state index contributed by atoms with van der Waals surface area (Å²) in [6.07, 6.45) is 1.38. The lowest BCUT2D eigenvalue weighted by Gasteiger charge is -2.12. The second-order valence-electron chi connectivity index (χ2n) is 6.13. The van der Waals surface area contributed by atoms with Crippen molar-refractivity contribution >= 4 is 44.4 Å². The van der Waals surface area contributed by atoms with Crippen molar-refractivity contribution in [3.8, 4) is 16.9 Å². The number of anilines is 2. The number of hydrogen-bond acceptors (Lipinski definition) is 9. The van der Waals surface area contributed by atoms with Crippen LogP contribution in [0.2, 0.25) is 0 Å². The largest absolute Gasteiger partial charge is 0.495 e. The maximum absolute atomic E-state index is 11.2. The van der Waals surface area contributed by atoms with E-state index in [9.17, 15) is 20.2 Å². The number of aromatic nitrogens is 2. The molecule has 11 heteroatoms. The Labute approximate surface area is 173 Å². The monoisotopic (exact) mass is 423 g/mol. The number of nitro benzene ring substituents is 2. The fourth-order valence-corrected chi connectivity index (χ4v) is 3.92. The average Bonchev–Trinajstić information content (AvgIpc) is 3.19. The van der Waals surface area contributed by atoms with Gasteiger partial charge in [-0.15, -0.1) is 11.3 Å². The molecule has 0 aliphatic rings. The molecule has 0 amide bonds. The smallest absolute Gasteiger partial charge is 0.271 e. The lowest BCUT2D eigenvalue weighted by Crippen LogP contribution is -1.99. The number of ether oxygens (including phenoxy) is 1. The van der Waals surface area contributed by atoms with E-state index in [1.807, 2.05) is 5.38 Å². The van der Waals surface area contributed by atoms with Crippen LogP contribution in [0, 0.1) is 20.2 Å². The Hall–Kier alpha value is -4.12. The number of non-ortho nitro benzene ring substituents is 2. The van der Waals surface area contributed by atoms with Crippen molar-refractivity contribution in [3.05, 3.63) is 74.4 Å². The summed E-state index contributed by atoms with van der Waals surface area (Å²) < 4.78 is 5.30. The van der Waals surface area contributed by atoms with Crippen LogP contribution in [0.5, 0.6) is 5.75 Å². The van der Waals surface area contributed by atoms with Crippen molar-refractivity contribution in [2.75, 3.05) is 12.4 Å². The molecule has 0 fully saturated rings. The summed E-state index contributed by atoms with van der Waals surface area (Å²) >= 11 is 1.37. The molecule has 2 heterocycles. The Morgan fingerprint density at radius 3 is 2.53 bits per heavy atom. The quantitative estimate of drug-likeness (QED) is 0.341. The predicted octanol–water partition coefficient (Wildman–Crippen LogP) is 4.93. The van der Waals surface area contributed by atoms with Gasteiger partial charge in [-0.05, 0) is 11.6 Å². The van der Waals surface area contributed by atoms with Gasteiger partial charge in [0.2, 0.25) is 0 Å². The Morgan fingerprint density at radius 1 is 1.03 bits per heavy atom. The third-order valence-corrected chi connectivity index (χ3v) is 5.27. The van der Waals surface area contributed by atoms with E-state index in [0.717, 1.165) is 0 Å². The number of thiophene rings is 1. The molecule has 0 aliphatic heterocycles. The van der Waals surface area contributed by atoms with Crippen LogP contribution in [0.4, 0.5) is 22.9 Å². The molecule has 0 unspecified atom stereocenters. The van der Waals surface area contributed by atoms with E-state index in [0.29, 0.717) is 38.6 Å². The molecule has 1 N–H and O–H groups in total. The first-order valence-electron chi connectivity index (χ1n) is 8.54. The van der Waals surface area contributed by atoms with Gasteiger partial charge in [-0.25, -0.2) is 9.97 Å². The Kier molecular flexibility index (Phi) is 4.94. The highest BCUT2D eigenvalue weighted by Crippen LogP contribution is 2.40. The number of nitrogens with one attached hydrogen (secondary N) is 1. The highest BCUT2D eigenvalue weighted by atomic mass is 32.1. The lowest BCUT2D eigenvalue weighted by atomic mass is 10.1. The van der Waals surface area contributed by atoms with Crippen molar-refractivity contribution in [2.24, 2.45) is 0 Å². The molecule has 0 aliphatic carbocycles. The summed E-state index contributed by atoms with van der Waals surface area (Å²) in [6.45, 7) is 0. The minimum Gasteiger partial charge on any atom is -0.495 e. The molecule has 30 heavy (non-hydrogen) atoms. The summed E-state index contributed by atoms with van der Waals surface area (Å²) in [7, 11) is 1.46. The number of nitrogens with zero attached hydrogens (tertiary/aromatic N) is 4. The van der Waals surface area contributed by atoms with Crippen LogP contribution in [0.25, 0.3) is 21.3 Å². The van der Waals surface area contributed by atoms with E-state index in [-0.39, 0.29) is 11.4 Å². The first kappa shape index (κ1) is 19.2. The van der Waals surface area contributed by atoms with Gasteiger partial charge in [-0.3, -0.25) is 20.2 Å². The normalized spacial score (nSPS) is 10.7. The molecule has 0 radical (unpaired) electrons. The fourth-order valence-electron chi connectivity index (χ4n) is 3.00. The third-order valence-electron chi connectivity index (χ3n) is 4.39. The molecule has 4 rings (SSSR count). The molecule has 4 aromatic rings.